The maximum Gasteiger partial charge on any atom is 0.418 e. The van der Waals surface area contributed by atoms with Crippen molar-refractivity contribution in [2.75, 3.05) is 7.11 Å². The molecule has 0 aliphatic heterocycles. The van der Waals surface area contributed by atoms with Crippen LogP contribution in [0.3, 0.4) is 0 Å². The highest BCUT2D eigenvalue weighted by Crippen LogP contribution is 2.36. The van der Waals surface area contributed by atoms with Crippen LogP contribution in [0.2, 0.25) is 0 Å². The number of nitriles is 1. The van der Waals surface area contributed by atoms with Gasteiger partial charge in [0.05, 0.1) is 24.7 Å². The van der Waals surface area contributed by atoms with Crippen LogP contribution in [0.25, 0.3) is 0 Å². The van der Waals surface area contributed by atoms with E-state index < -0.39 is 29.7 Å². The first-order chi connectivity index (χ1) is 8.31. The number of carbonyl (C=O) groups excluding carboxylic acids is 1. The third-order valence-corrected chi connectivity index (χ3v) is 3.10. The second-order valence-electron chi connectivity index (χ2n) is 3.32. The van der Waals surface area contributed by atoms with Gasteiger partial charge in [-0.05, 0) is 34.2 Å². The van der Waals surface area contributed by atoms with Crippen molar-refractivity contribution < 1.29 is 22.7 Å². The molecule has 1 aromatic rings. The number of rotatable bonds is 2. The average molecular weight is 369 g/mol. The zero-order chi connectivity index (χ0) is 13.9. The summed E-state index contributed by atoms with van der Waals surface area (Å²) in [6, 6.07) is 4.07. The van der Waals surface area contributed by atoms with Crippen molar-refractivity contribution >= 4 is 28.6 Å². The SMILES string of the molecule is COC(=O)Cc1ccc(I)c(C#N)c1C(F)(F)F. The molecule has 3 nitrogen and oxygen atoms in total. The minimum atomic E-state index is -4.68. The van der Waals surface area contributed by atoms with Gasteiger partial charge < -0.3 is 4.74 Å². The van der Waals surface area contributed by atoms with Gasteiger partial charge >= 0.3 is 12.1 Å². The van der Waals surface area contributed by atoms with E-state index in [9.17, 15) is 18.0 Å². The van der Waals surface area contributed by atoms with Crippen molar-refractivity contribution in [3.63, 3.8) is 0 Å². The standard InChI is InChI=1S/C11H7F3INO2/c1-18-9(17)4-6-2-3-8(15)7(5-16)10(6)11(12,13)14/h2-3H,4H2,1H3. The molecule has 0 amide bonds. The molecule has 0 unspecified atom stereocenters. The van der Waals surface area contributed by atoms with Crippen LogP contribution in [0.1, 0.15) is 16.7 Å². The van der Waals surface area contributed by atoms with Crippen LogP contribution in [0.4, 0.5) is 13.2 Å². The lowest BCUT2D eigenvalue weighted by Gasteiger charge is -2.14. The van der Waals surface area contributed by atoms with Gasteiger partial charge in [-0.15, -0.1) is 0 Å². The zero-order valence-corrected chi connectivity index (χ0v) is 11.3. The van der Waals surface area contributed by atoms with Gasteiger partial charge in [-0.1, -0.05) is 6.07 Å². The molecule has 1 aromatic carbocycles. The third kappa shape index (κ3) is 3.13. The van der Waals surface area contributed by atoms with E-state index in [-0.39, 0.29) is 9.13 Å². The Morgan fingerprint density at radius 2 is 2.11 bits per heavy atom. The fourth-order valence-electron chi connectivity index (χ4n) is 1.43. The number of ether oxygens (including phenoxy) is 1. The summed E-state index contributed by atoms with van der Waals surface area (Å²) in [6.07, 6.45) is -5.20. The van der Waals surface area contributed by atoms with Crippen LogP contribution in [-0.2, 0) is 22.1 Å². The maximum atomic E-state index is 12.9. The van der Waals surface area contributed by atoms with Gasteiger partial charge in [0, 0.05) is 3.57 Å². The number of benzene rings is 1. The Morgan fingerprint density at radius 3 is 2.56 bits per heavy atom. The fraction of sp³-hybridized carbons (Fsp3) is 0.273. The highest BCUT2D eigenvalue weighted by molar-refractivity contribution is 14.1. The molecular weight excluding hydrogens is 362 g/mol. The molecule has 0 N–H and O–H groups in total. The van der Waals surface area contributed by atoms with Gasteiger partial charge in [0.25, 0.3) is 0 Å². The molecule has 0 saturated heterocycles. The average Bonchev–Trinajstić information content (AvgIpc) is 2.29. The van der Waals surface area contributed by atoms with E-state index >= 15 is 0 Å². The van der Waals surface area contributed by atoms with Crippen LogP contribution in [-0.4, -0.2) is 13.1 Å². The van der Waals surface area contributed by atoms with Crippen molar-refractivity contribution in [2.24, 2.45) is 0 Å². The molecule has 0 radical (unpaired) electrons. The number of carbonyl (C=O) groups is 1. The molecule has 0 atom stereocenters. The van der Waals surface area contributed by atoms with Crippen LogP contribution >= 0.6 is 22.6 Å². The van der Waals surface area contributed by atoms with Crippen molar-refractivity contribution in [1.29, 1.82) is 5.26 Å². The van der Waals surface area contributed by atoms with E-state index in [1.54, 1.807) is 22.6 Å². The van der Waals surface area contributed by atoms with E-state index in [0.29, 0.717) is 0 Å². The summed E-state index contributed by atoms with van der Waals surface area (Å²) in [5.41, 5.74) is -1.79. The normalized spacial score (nSPS) is 10.9. The predicted molar refractivity (Wildman–Crippen MR) is 64.6 cm³/mol. The lowest BCUT2D eigenvalue weighted by Crippen LogP contribution is -2.16. The van der Waals surface area contributed by atoms with Gasteiger partial charge in [0.2, 0.25) is 0 Å². The molecule has 1 rings (SSSR count). The summed E-state index contributed by atoms with van der Waals surface area (Å²) >= 11 is 1.65. The number of halogens is 4. The lowest BCUT2D eigenvalue weighted by molar-refractivity contribution is -0.141. The van der Waals surface area contributed by atoms with E-state index in [2.05, 4.69) is 4.74 Å². The lowest BCUT2D eigenvalue weighted by atomic mass is 9.99. The van der Waals surface area contributed by atoms with Crippen LogP contribution in [0, 0.1) is 14.9 Å². The molecule has 96 valence electrons. The number of esters is 1. The topological polar surface area (TPSA) is 50.1 Å². The summed E-state index contributed by atoms with van der Waals surface area (Å²) in [6.45, 7) is 0. The molecule has 0 fully saturated rings. The summed E-state index contributed by atoms with van der Waals surface area (Å²) in [4.78, 5) is 11.1. The molecule has 0 aliphatic carbocycles. The second-order valence-corrected chi connectivity index (χ2v) is 4.48. The molecular formula is C11H7F3INO2. The minimum Gasteiger partial charge on any atom is -0.469 e. The Morgan fingerprint density at radius 1 is 1.50 bits per heavy atom. The van der Waals surface area contributed by atoms with Crippen molar-refractivity contribution in [1.82, 2.24) is 0 Å². The molecule has 7 heteroatoms. The smallest absolute Gasteiger partial charge is 0.418 e. The summed E-state index contributed by atoms with van der Waals surface area (Å²) in [5, 5.41) is 8.81. The van der Waals surface area contributed by atoms with Crippen LogP contribution < -0.4 is 0 Å². The summed E-state index contributed by atoms with van der Waals surface area (Å²) in [5.74, 6) is -0.786. The summed E-state index contributed by atoms with van der Waals surface area (Å²) in [7, 11) is 1.09. The van der Waals surface area contributed by atoms with Gasteiger partial charge in [-0.25, -0.2) is 0 Å². The van der Waals surface area contributed by atoms with E-state index in [0.717, 1.165) is 7.11 Å². The first kappa shape index (κ1) is 14.8. The van der Waals surface area contributed by atoms with Gasteiger partial charge in [-0.3, -0.25) is 4.79 Å². The summed E-state index contributed by atoms with van der Waals surface area (Å²) < 4.78 is 43.3. The zero-order valence-electron chi connectivity index (χ0n) is 9.14. The van der Waals surface area contributed by atoms with Gasteiger partial charge in [0.15, 0.2) is 0 Å². The molecule has 0 spiro atoms. The molecule has 0 bridgehead atoms. The maximum absolute atomic E-state index is 12.9. The fourth-order valence-corrected chi connectivity index (χ4v) is 2.00. The number of alkyl halides is 3. The van der Waals surface area contributed by atoms with Crippen molar-refractivity contribution in [3.8, 4) is 6.07 Å². The van der Waals surface area contributed by atoms with Crippen LogP contribution in [0.5, 0.6) is 0 Å². The highest BCUT2D eigenvalue weighted by atomic mass is 127. The van der Waals surface area contributed by atoms with Gasteiger partial charge in [-0.2, -0.15) is 18.4 Å². The third-order valence-electron chi connectivity index (χ3n) is 2.20. The number of hydrogen-bond acceptors (Lipinski definition) is 3. The van der Waals surface area contributed by atoms with Gasteiger partial charge in [0.1, 0.15) is 6.07 Å². The molecule has 0 aliphatic rings. The molecule has 0 aromatic heterocycles. The number of hydrogen-bond donors (Lipinski definition) is 0. The Labute approximate surface area is 115 Å². The van der Waals surface area contributed by atoms with Crippen molar-refractivity contribution in [2.45, 2.75) is 12.6 Å². The highest BCUT2D eigenvalue weighted by Gasteiger charge is 2.37. The molecule has 18 heavy (non-hydrogen) atoms. The monoisotopic (exact) mass is 369 g/mol. The first-order valence-electron chi connectivity index (χ1n) is 4.66. The number of nitrogens with zero attached hydrogens (tertiary/aromatic N) is 1. The minimum absolute atomic E-state index is 0.191. The predicted octanol–water partition coefficient (Wildman–Crippen LogP) is 2.90. The molecule has 0 heterocycles. The van der Waals surface area contributed by atoms with Crippen molar-refractivity contribution in [3.05, 3.63) is 32.4 Å². The Kier molecular flexibility index (Phi) is 4.56. The second kappa shape index (κ2) is 5.56. The number of methoxy groups -OCH3 is 1. The van der Waals surface area contributed by atoms with Crippen LogP contribution in [0.15, 0.2) is 12.1 Å². The largest absolute Gasteiger partial charge is 0.469 e. The Bertz CT molecular complexity index is 520. The Hall–Kier alpha value is -1.30. The van der Waals surface area contributed by atoms with E-state index in [4.69, 9.17) is 5.26 Å². The first-order valence-corrected chi connectivity index (χ1v) is 5.74. The Balaban J connectivity index is 3.44. The van der Waals surface area contributed by atoms with E-state index in [1.807, 2.05) is 0 Å². The molecule has 0 saturated carbocycles. The van der Waals surface area contributed by atoms with E-state index in [1.165, 1.54) is 18.2 Å². The quantitative estimate of drug-likeness (QED) is 0.595.